The van der Waals surface area contributed by atoms with Gasteiger partial charge >= 0.3 is 0 Å². The number of hydrogen-bond acceptors (Lipinski definition) is 2. The molecule has 0 amide bonds. The van der Waals surface area contributed by atoms with Gasteiger partial charge in [0.2, 0.25) is 0 Å². The molecule has 0 aliphatic carbocycles. The van der Waals surface area contributed by atoms with Crippen molar-refractivity contribution in [2.75, 3.05) is 13.1 Å². The molecule has 112 valence electrons. The van der Waals surface area contributed by atoms with E-state index in [9.17, 15) is 0 Å². The molecule has 1 N–H and O–H groups in total. The smallest absolute Gasteiger partial charge is 0.127 e. The van der Waals surface area contributed by atoms with Gasteiger partial charge in [-0.25, -0.2) is 0 Å². The maximum Gasteiger partial charge on any atom is 0.127 e. The summed E-state index contributed by atoms with van der Waals surface area (Å²) < 4.78 is 7.36. The fraction of sp³-hybridized carbons (Fsp3) is 0.263. The third-order valence-electron chi connectivity index (χ3n) is 4.44. The summed E-state index contributed by atoms with van der Waals surface area (Å²) in [5.74, 6) is 1.01. The minimum atomic E-state index is 0.651. The Kier molecular flexibility index (Phi) is 3.92. The van der Waals surface area contributed by atoms with E-state index >= 15 is 0 Å². The van der Waals surface area contributed by atoms with E-state index in [4.69, 9.17) is 4.74 Å². The Labute approximate surface area is 144 Å². The van der Waals surface area contributed by atoms with Crippen molar-refractivity contribution in [2.45, 2.75) is 19.4 Å². The van der Waals surface area contributed by atoms with Gasteiger partial charge in [-0.2, -0.15) is 0 Å². The van der Waals surface area contributed by atoms with Gasteiger partial charge in [0.1, 0.15) is 12.4 Å². The quantitative estimate of drug-likeness (QED) is 0.660. The Morgan fingerprint density at radius 3 is 2.64 bits per heavy atom. The van der Waals surface area contributed by atoms with Crippen molar-refractivity contribution in [1.82, 2.24) is 5.32 Å². The molecule has 2 aliphatic heterocycles. The van der Waals surface area contributed by atoms with Crippen LogP contribution in [0.5, 0.6) is 5.75 Å². The minimum absolute atomic E-state index is 0.651. The number of rotatable bonds is 0. The lowest BCUT2D eigenvalue weighted by molar-refractivity contribution is 0.307. The molecule has 3 heteroatoms. The second kappa shape index (κ2) is 6.05. The lowest BCUT2D eigenvalue weighted by Gasteiger charge is -2.21. The Hall–Kier alpha value is -1.33. The summed E-state index contributed by atoms with van der Waals surface area (Å²) >= 11 is 2.38. The first-order valence-electron chi connectivity index (χ1n) is 7.76. The zero-order valence-electron chi connectivity index (χ0n) is 12.4. The van der Waals surface area contributed by atoms with E-state index in [0.29, 0.717) is 6.61 Å². The molecule has 2 heterocycles. The maximum absolute atomic E-state index is 6.10. The zero-order valence-corrected chi connectivity index (χ0v) is 14.5. The molecule has 0 atom stereocenters. The summed E-state index contributed by atoms with van der Waals surface area (Å²) in [5, 5.41) is 3.46. The van der Waals surface area contributed by atoms with E-state index in [1.807, 2.05) is 0 Å². The molecule has 0 bridgehead atoms. The van der Waals surface area contributed by atoms with Crippen LogP contribution in [0, 0.1) is 3.57 Å². The van der Waals surface area contributed by atoms with Crippen molar-refractivity contribution in [3.05, 3.63) is 68.3 Å². The third kappa shape index (κ3) is 2.57. The molecule has 2 nitrogen and oxygen atoms in total. The Morgan fingerprint density at radius 1 is 0.955 bits per heavy atom. The molecule has 0 spiro atoms. The van der Waals surface area contributed by atoms with E-state index in [0.717, 1.165) is 31.7 Å². The first-order valence-corrected chi connectivity index (χ1v) is 8.84. The number of ether oxygens (including phenoxy) is 1. The zero-order chi connectivity index (χ0) is 14.9. The number of para-hydroxylation sites is 1. The van der Waals surface area contributed by atoms with E-state index < -0.39 is 0 Å². The largest absolute Gasteiger partial charge is 0.488 e. The van der Waals surface area contributed by atoms with Crippen LogP contribution in [0.3, 0.4) is 0 Å². The van der Waals surface area contributed by atoms with Crippen molar-refractivity contribution in [3.8, 4) is 5.75 Å². The summed E-state index contributed by atoms with van der Waals surface area (Å²) in [7, 11) is 0. The van der Waals surface area contributed by atoms with Crippen molar-refractivity contribution >= 4 is 28.2 Å². The van der Waals surface area contributed by atoms with Gasteiger partial charge in [0.05, 0.1) is 0 Å². The summed E-state index contributed by atoms with van der Waals surface area (Å²) in [4.78, 5) is 0. The van der Waals surface area contributed by atoms with Gasteiger partial charge in [0.15, 0.2) is 0 Å². The van der Waals surface area contributed by atoms with Crippen LogP contribution in [0.15, 0.2) is 48.0 Å². The van der Waals surface area contributed by atoms with Crippen LogP contribution in [0.1, 0.15) is 29.5 Å². The molecule has 0 radical (unpaired) electrons. The predicted molar refractivity (Wildman–Crippen MR) is 98.1 cm³/mol. The van der Waals surface area contributed by atoms with Gasteiger partial charge < -0.3 is 10.1 Å². The first-order chi connectivity index (χ1) is 10.8. The second-order valence-corrected chi connectivity index (χ2v) is 7.06. The molecular formula is C19H18INO. The predicted octanol–water partition coefficient (Wildman–Crippen LogP) is 4.37. The normalized spacial score (nSPS) is 17.3. The summed E-state index contributed by atoms with van der Waals surface area (Å²) in [6, 6.07) is 15.2. The molecule has 22 heavy (non-hydrogen) atoms. The second-order valence-electron chi connectivity index (χ2n) is 5.81. The fourth-order valence-electron chi connectivity index (χ4n) is 3.38. The summed E-state index contributed by atoms with van der Waals surface area (Å²) in [5.41, 5.74) is 6.85. The highest BCUT2D eigenvalue weighted by Crippen LogP contribution is 2.40. The number of halogens is 1. The number of hydrogen-bond donors (Lipinski definition) is 1. The van der Waals surface area contributed by atoms with Crippen molar-refractivity contribution in [2.24, 2.45) is 0 Å². The number of benzene rings is 2. The standard InChI is InChI=1S/C19H18INO/c20-15-5-6-16-14(11-15)12-22-18-4-2-1-3-17(18)19(16)13-7-9-21-10-8-13/h1-6,11,21H,7-10,12H2. The van der Waals surface area contributed by atoms with Crippen LogP contribution in [-0.4, -0.2) is 13.1 Å². The average molecular weight is 403 g/mol. The molecule has 4 rings (SSSR count). The van der Waals surface area contributed by atoms with Crippen LogP contribution in [0.25, 0.3) is 5.57 Å². The van der Waals surface area contributed by atoms with Crippen LogP contribution in [-0.2, 0) is 6.61 Å². The molecule has 0 unspecified atom stereocenters. The highest BCUT2D eigenvalue weighted by molar-refractivity contribution is 14.1. The van der Waals surface area contributed by atoms with Crippen LogP contribution < -0.4 is 10.1 Å². The highest BCUT2D eigenvalue weighted by Gasteiger charge is 2.22. The molecule has 2 aliphatic rings. The summed E-state index contributed by atoms with van der Waals surface area (Å²) in [6.45, 7) is 2.79. The molecule has 2 aromatic rings. The van der Waals surface area contributed by atoms with Crippen LogP contribution in [0.2, 0.25) is 0 Å². The lowest BCUT2D eigenvalue weighted by Crippen LogP contribution is -2.23. The molecular weight excluding hydrogens is 385 g/mol. The van der Waals surface area contributed by atoms with Crippen molar-refractivity contribution in [3.63, 3.8) is 0 Å². The van der Waals surface area contributed by atoms with E-state index in [1.54, 1.807) is 5.57 Å². The fourth-order valence-corrected chi connectivity index (χ4v) is 3.94. The third-order valence-corrected chi connectivity index (χ3v) is 5.11. The Morgan fingerprint density at radius 2 is 1.77 bits per heavy atom. The SMILES string of the molecule is Ic1ccc2c(c1)COc1ccccc1C2=C1CCNCC1. The number of nitrogens with one attached hydrogen (secondary N) is 1. The number of fused-ring (bicyclic) bond motifs is 2. The molecule has 2 aromatic carbocycles. The maximum atomic E-state index is 6.10. The van der Waals surface area contributed by atoms with Gasteiger partial charge in [0.25, 0.3) is 0 Å². The monoisotopic (exact) mass is 403 g/mol. The Bertz CT molecular complexity index is 743. The van der Waals surface area contributed by atoms with Crippen molar-refractivity contribution < 1.29 is 4.74 Å². The average Bonchev–Trinajstić information content (AvgIpc) is 2.72. The van der Waals surface area contributed by atoms with Crippen LogP contribution >= 0.6 is 22.6 Å². The van der Waals surface area contributed by atoms with Gasteiger partial charge in [-0.05, 0) is 83.4 Å². The van der Waals surface area contributed by atoms with E-state index in [-0.39, 0.29) is 0 Å². The van der Waals surface area contributed by atoms with Gasteiger partial charge in [-0.15, -0.1) is 0 Å². The summed E-state index contributed by atoms with van der Waals surface area (Å²) in [6.07, 6.45) is 2.24. The van der Waals surface area contributed by atoms with Gasteiger partial charge in [-0.1, -0.05) is 29.8 Å². The van der Waals surface area contributed by atoms with Crippen molar-refractivity contribution in [1.29, 1.82) is 0 Å². The van der Waals surface area contributed by atoms with Gasteiger partial charge in [-0.3, -0.25) is 0 Å². The Balaban J connectivity index is 1.98. The lowest BCUT2D eigenvalue weighted by atomic mass is 9.87. The number of piperidine rings is 1. The molecule has 0 saturated carbocycles. The van der Waals surface area contributed by atoms with Crippen LogP contribution in [0.4, 0.5) is 0 Å². The topological polar surface area (TPSA) is 21.3 Å². The van der Waals surface area contributed by atoms with Gasteiger partial charge in [0, 0.05) is 9.13 Å². The molecule has 1 saturated heterocycles. The highest BCUT2D eigenvalue weighted by atomic mass is 127. The van der Waals surface area contributed by atoms with E-state index in [2.05, 4.69) is 70.4 Å². The first kappa shape index (κ1) is 14.3. The van der Waals surface area contributed by atoms with E-state index in [1.165, 1.54) is 25.8 Å². The minimum Gasteiger partial charge on any atom is -0.488 e. The molecule has 0 aromatic heterocycles. The molecule has 1 fully saturated rings.